The van der Waals surface area contributed by atoms with Crippen LogP contribution >= 0.6 is 0 Å². The van der Waals surface area contributed by atoms with Crippen LogP contribution in [0.3, 0.4) is 0 Å². The van der Waals surface area contributed by atoms with E-state index in [1.165, 1.54) is 12.0 Å². The van der Waals surface area contributed by atoms with Crippen LogP contribution in [0.4, 0.5) is 4.79 Å². The van der Waals surface area contributed by atoms with Gasteiger partial charge in [-0.25, -0.2) is 4.79 Å². The quantitative estimate of drug-likeness (QED) is 0.699. The number of likely N-dealkylation sites (tertiary alicyclic amines) is 1. The molecule has 0 saturated carbocycles. The maximum absolute atomic E-state index is 11.5. The maximum Gasteiger partial charge on any atom is 0.410 e. The van der Waals surface area contributed by atoms with Crippen molar-refractivity contribution >= 4 is 12.0 Å². The van der Waals surface area contributed by atoms with E-state index in [2.05, 4.69) is 10.1 Å². The van der Waals surface area contributed by atoms with E-state index in [1.54, 1.807) is 0 Å². The maximum atomic E-state index is 11.5. The van der Waals surface area contributed by atoms with Gasteiger partial charge >= 0.3 is 6.09 Å². The van der Waals surface area contributed by atoms with Gasteiger partial charge < -0.3 is 10.1 Å². The van der Waals surface area contributed by atoms with Crippen molar-refractivity contribution in [1.29, 1.82) is 0 Å². The molecule has 0 aromatic rings. The van der Waals surface area contributed by atoms with Gasteiger partial charge in [-0.2, -0.15) is 0 Å². The predicted molar refractivity (Wildman–Crippen MR) is 50.8 cm³/mol. The number of rotatable bonds is 2. The molecule has 0 spiro atoms. The number of amides is 2. The lowest BCUT2D eigenvalue weighted by Crippen LogP contribution is -2.59. The fourth-order valence-corrected chi connectivity index (χ4v) is 1.38. The van der Waals surface area contributed by atoms with Gasteiger partial charge in [0, 0.05) is 12.6 Å². The van der Waals surface area contributed by atoms with E-state index in [0.717, 1.165) is 0 Å². The average molecular weight is 200 g/mol. The lowest BCUT2D eigenvalue weighted by molar-refractivity contribution is -0.130. The van der Waals surface area contributed by atoms with Gasteiger partial charge in [0.1, 0.15) is 6.04 Å². The van der Waals surface area contributed by atoms with E-state index in [-0.39, 0.29) is 18.0 Å². The zero-order valence-electron chi connectivity index (χ0n) is 8.74. The first-order valence-electron chi connectivity index (χ1n) is 4.71. The average Bonchev–Trinajstić information content (AvgIpc) is 2.00. The van der Waals surface area contributed by atoms with Gasteiger partial charge in [-0.05, 0) is 20.3 Å². The molecular weight excluding hydrogens is 184 g/mol. The highest BCUT2D eigenvalue weighted by molar-refractivity contribution is 5.87. The highest BCUT2D eigenvalue weighted by Gasteiger charge is 2.38. The number of ether oxygens (including phenoxy) is 1. The van der Waals surface area contributed by atoms with Crippen molar-refractivity contribution in [3.05, 3.63) is 0 Å². The zero-order chi connectivity index (χ0) is 10.7. The summed E-state index contributed by atoms with van der Waals surface area (Å²) in [4.78, 5) is 24.1. The Balaban J connectivity index is 2.46. The van der Waals surface area contributed by atoms with Crippen LogP contribution in [0.25, 0.3) is 0 Å². The molecule has 14 heavy (non-hydrogen) atoms. The number of hydrogen-bond donors (Lipinski definition) is 1. The molecule has 2 amide bonds. The van der Waals surface area contributed by atoms with Gasteiger partial charge in [-0.3, -0.25) is 9.69 Å². The Labute approximate surface area is 83.4 Å². The van der Waals surface area contributed by atoms with Crippen molar-refractivity contribution in [2.45, 2.75) is 32.4 Å². The van der Waals surface area contributed by atoms with E-state index in [9.17, 15) is 9.59 Å². The Morgan fingerprint density at radius 3 is 2.50 bits per heavy atom. The second-order valence-corrected chi connectivity index (χ2v) is 3.63. The van der Waals surface area contributed by atoms with Crippen LogP contribution in [-0.2, 0) is 9.53 Å². The summed E-state index contributed by atoms with van der Waals surface area (Å²) in [5.74, 6) is -0.100. The molecule has 1 aliphatic heterocycles. The molecule has 1 saturated heterocycles. The Hall–Kier alpha value is -1.26. The van der Waals surface area contributed by atoms with E-state index < -0.39 is 6.09 Å². The minimum atomic E-state index is -0.430. The third-order valence-corrected chi connectivity index (χ3v) is 2.16. The summed E-state index contributed by atoms with van der Waals surface area (Å²) in [5.41, 5.74) is 0. The monoisotopic (exact) mass is 200 g/mol. The molecule has 80 valence electrons. The first-order chi connectivity index (χ1) is 6.56. The summed E-state index contributed by atoms with van der Waals surface area (Å²) in [7, 11) is 1.32. The number of carbonyl (C=O) groups is 2. The molecule has 5 heteroatoms. The predicted octanol–water partition coefficient (Wildman–Crippen LogP) is 0.352. The topological polar surface area (TPSA) is 58.6 Å². The molecule has 1 unspecified atom stereocenters. The van der Waals surface area contributed by atoms with Crippen molar-refractivity contribution < 1.29 is 14.3 Å². The van der Waals surface area contributed by atoms with Crippen LogP contribution < -0.4 is 5.32 Å². The van der Waals surface area contributed by atoms with Gasteiger partial charge in [0.2, 0.25) is 5.91 Å². The van der Waals surface area contributed by atoms with Crippen molar-refractivity contribution in [3.8, 4) is 0 Å². The summed E-state index contributed by atoms with van der Waals surface area (Å²) in [6, 6.07) is -0.243. The van der Waals surface area contributed by atoms with Crippen LogP contribution in [0.1, 0.15) is 20.3 Å². The van der Waals surface area contributed by atoms with Gasteiger partial charge in [0.05, 0.1) is 7.11 Å². The van der Waals surface area contributed by atoms with E-state index in [4.69, 9.17) is 0 Å². The largest absolute Gasteiger partial charge is 0.453 e. The fourth-order valence-electron chi connectivity index (χ4n) is 1.38. The summed E-state index contributed by atoms with van der Waals surface area (Å²) in [6.45, 7) is 4.38. The number of hydrogen-bond acceptors (Lipinski definition) is 3. The fraction of sp³-hybridized carbons (Fsp3) is 0.778. The zero-order valence-corrected chi connectivity index (χ0v) is 8.74. The second-order valence-electron chi connectivity index (χ2n) is 3.63. The normalized spacial score (nSPS) is 20.3. The van der Waals surface area contributed by atoms with Gasteiger partial charge in [-0.15, -0.1) is 0 Å². The van der Waals surface area contributed by atoms with Gasteiger partial charge in [0.25, 0.3) is 0 Å². The van der Waals surface area contributed by atoms with Crippen LogP contribution in [-0.4, -0.2) is 42.6 Å². The van der Waals surface area contributed by atoms with Gasteiger partial charge in [-0.1, -0.05) is 0 Å². The van der Waals surface area contributed by atoms with Crippen LogP contribution in [0.2, 0.25) is 0 Å². The van der Waals surface area contributed by atoms with Crippen LogP contribution in [0.5, 0.6) is 0 Å². The van der Waals surface area contributed by atoms with Gasteiger partial charge in [0.15, 0.2) is 0 Å². The number of nitrogens with zero attached hydrogens (tertiary/aromatic N) is 1. The Kier molecular flexibility index (Phi) is 3.33. The smallest absolute Gasteiger partial charge is 0.410 e. The lowest BCUT2D eigenvalue weighted by atomic mass is 10.0. The van der Waals surface area contributed by atoms with Crippen molar-refractivity contribution in [2.24, 2.45) is 0 Å². The minimum absolute atomic E-state index is 0.0996. The second kappa shape index (κ2) is 4.30. The Morgan fingerprint density at radius 2 is 2.14 bits per heavy atom. The number of methoxy groups -OCH3 is 1. The molecule has 0 aromatic heterocycles. The van der Waals surface area contributed by atoms with E-state index in [0.29, 0.717) is 13.0 Å². The molecule has 1 fully saturated rings. The molecule has 1 N–H and O–H groups in total. The molecule has 1 aliphatic rings. The molecule has 5 nitrogen and oxygen atoms in total. The van der Waals surface area contributed by atoms with E-state index in [1.807, 2.05) is 13.8 Å². The Morgan fingerprint density at radius 1 is 1.50 bits per heavy atom. The van der Waals surface area contributed by atoms with E-state index >= 15 is 0 Å². The number of carbonyl (C=O) groups excluding carboxylic acids is 2. The van der Waals surface area contributed by atoms with Crippen molar-refractivity contribution in [1.82, 2.24) is 10.2 Å². The standard InChI is InChI=1S/C9H16N2O3/c1-6(2)10-8(12)7-4-5-11(7)9(13)14-3/h6-7H,4-5H2,1-3H3,(H,10,12). The molecular formula is C9H16N2O3. The summed E-state index contributed by atoms with van der Waals surface area (Å²) >= 11 is 0. The molecule has 0 radical (unpaired) electrons. The molecule has 0 bridgehead atoms. The minimum Gasteiger partial charge on any atom is -0.453 e. The molecule has 0 aliphatic carbocycles. The summed E-state index contributed by atoms with van der Waals surface area (Å²) < 4.78 is 4.55. The summed E-state index contributed by atoms with van der Waals surface area (Å²) in [6.07, 6.45) is 0.286. The third kappa shape index (κ3) is 2.16. The highest BCUT2D eigenvalue weighted by Crippen LogP contribution is 2.18. The van der Waals surface area contributed by atoms with Crippen LogP contribution in [0, 0.1) is 0 Å². The van der Waals surface area contributed by atoms with Crippen molar-refractivity contribution in [2.75, 3.05) is 13.7 Å². The first-order valence-corrected chi connectivity index (χ1v) is 4.71. The summed E-state index contributed by atoms with van der Waals surface area (Å²) in [5, 5.41) is 2.77. The lowest BCUT2D eigenvalue weighted by Gasteiger charge is -2.38. The Bertz CT molecular complexity index is 240. The first kappa shape index (κ1) is 10.8. The molecule has 0 aromatic carbocycles. The number of nitrogens with one attached hydrogen (secondary N) is 1. The molecule has 1 atom stereocenters. The molecule has 1 heterocycles. The highest BCUT2D eigenvalue weighted by atomic mass is 16.5. The van der Waals surface area contributed by atoms with Crippen molar-refractivity contribution in [3.63, 3.8) is 0 Å². The molecule has 1 rings (SSSR count). The van der Waals surface area contributed by atoms with Crippen LogP contribution in [0.15, 0.2) is 0 Å². The SMILES string of the molecule is COC(=O)N1CCC1C(=O)NC(C)C. The third-order valence-electron chi connectivity index (χ3n) is 2.16.